The molecule has 8 heteroatoms. The summed E-state index contributed by atoms with van der Waals surface area (Å²) in [6.07, 6.45) is -2.04. The number of aromatic nitrogens is 1. The van der Waals surface area contributed by atoms with Gasteiger partial charge in [0.15, 0.2) is 0 Å². The number of alkyl halides is 3. The van der Waals surface area contributed by atoms with E-state index in [-0.39, 0.29) is 12.0 Å². The Hall–Kier alpha value is -2.48. The van der Waals surface area contributed by atoms with Gasteiger partial charge in [-0.15, -0.1) is 0 Å². The lowest BCUT2D eigenvalue weighted by Gasteiger charge is -2.31. The van der Waals surface area contributed by atoms with Gasteiger partial charge in [-0.1, -0.05) is 0 Å². The molecule has 1 aromatic heterocycles. The highest BCUT2D eigenvalue weighted by Gasteiger charge is 2.45. The second kappa shape index (κ2) is 6.60. The summed E-state index contributed by atoms with van der Waals surface area (Å²) in [4.78, 5) is 5.89. The van der Waals surface area contributed by atoms with E-state index in [1.165, 1.54) is 13.2 Å². The predicted molar refractivity (Wildman–Crippen MR) is 97.9 cm³/mol. The number of rotatable bonds is 3. The summed E-state index contributed by atoms with van der Waals surface area (Å²) in [5, 5.41) is 6.35. The Labute approximate surface area is 155 Å². The Morgan fingerprint density at radius 2 is 2.15 bits per heavy atom. The molecular weight excluding hydrogens is 357 g/mol. The molecule has 2 unspecified atom stereocenters. The molecule has 0 amide bonds. The van der Waals surface area contributed by atoms with Crippen molar-refractivity contribution >= 4 is 17.1 Å². The fraction of sp³-hybridized carbons (Fsp3) is 0.421. The van der Waals surface area contributed by atoms with Gasteiger partial charge in [-0.3, -0.25) is 0 Å². The number of piperidine rings is 1. The summed E-state index contributed by atoms with van der Waals surface area (Å²) in [5.74, 6) is 0.373. The topological polar surface area (TPSA) is 49.4 Å². The van der Waals surface area contributed by atoms with Crippen molar-refractivity contribution in [3.05, 3.63) is 41.6 Å². The van der Waals surface area contributed by atoms with E-state index in [1.54, 1.807) is 30.3 Å². The van der Waals surface area contributed by atoms with Crippen LogP contribution in [0.3, 0.4) is 0 Å². The van der Waals surface area contributed by atoms with Crippen molar-refractivity contribution in [3.8, 4) is 5.88 Å². The molecule has 3 heterocycles. The molecule has 0 aliphatic carbocycles. The molecule has 2 N–H and O–H groups in total. The van der Waals surface area contributed by atoms with Crippen LogP contribution in [0, 0.1) is 0 Å². The van der Waals surface area contributed by atoms with E-state index in [0.29, 0.717) is 29.5 Å². The SMILES string of the molecule is COc1ncccc1Nc1cc2c(c(C(F)(F)F)c1)N(C)C1CCNCC21. The fourth-order valence-electron chi connectivity index (χ4n) is 4.22. The first-order valence-electron chi connectivity index (χ1n) is 8.85. The molecule has 0 bridgehead atoms. The van der Waals surface area contributed by atoms with Gasteiger partial charge in [0.1, 0.15) is 5.69 Å². The maximum absolute atomic E-state index is 13.9. The van der Waals surface area contributed by atoms with Crippen molar-refractivity contribution in [1.29, 1.82) is 0 Å². The molecule has 2 atom stereocenters. The van der Waals surface area contributed by atoms with Crippen molar-refractivity contribution in [3.63, 3.8) is 0 Å². The number of fused-ring (bicyclic) bond motifs is 3. The van der Waals surface area contributed by atoms with Gasteiger partial charge in [-0.25, -0.2) is 4.98 Å². The second-order valence-corrected chi connectivity index (χ2v) is 6.92. The smallest absolute Gasteiger partial charge is 0.418 e. The number of anilines is 3. The van der Waals surface area contributed by atoms with E-state index in [2.05, 4.69) is 15.6 Å². The molecule has 1 aromatic carbocycles. The van der Waals surface area contributed by atoms with E-state index in [9.17, 15) is 13.2 Å². The normalized spacial score (nSPS) is 21.6. The molecule has 144 valence electrons. The first-order chi connectivity index (χ1) is 12.9. The third-order valence-corrected chi connectivity index (χ3v) is 5.38. The number of ether oxygens (including phenoxy) is 1. The molecule has 1 fully saturated rings. The van der Waals surface area contributed by atoms with E-state index in [1.807, 2.05) is 6.07 Å². The number of benzene rings is 1. The number of nitrogens with one attached hydrogen (secondary N) is 2. The van der Waals surface area contributed by atoms with Crippen LogP contribution < -0.4 is 20.3 Å². The lowest BCUT2D eigenvalue weighted by molar-refractivity contribution is -0.137. The van der Waals surface area contributed by atoms with Crippen LogP contribution in [-0.4, -0.2) is 38.3 Å². The molecule has 0 saturated carbocycles. The standard InChI is InChI=1S/C19H21F3N4O/c1-26-16-5-7-23-10-13(16)12-8-11(9-14(17(12)26)19(20,21)22)25-15-4-3-6-24-18(15)27-2/h3-4,6,8-9,13,16,23,25H,5,7,10H2,1-2H3. The number of hydrogen-bond donors (Lipinski definition) is 2. The molecule has 5 nitrogen and oxygen atoms in total. The third kappa shape index (κ3) is 3.07. The minimum absolute atomic E-state index is 0.0393. The van der Waals surface area contributed by atoms with Crippen LogP contribution in [-0.2, 0) is 6.18 Å². The molecule has 1 saturated heterocycles. The molecule has 4 rings (SSSR count). The zero-order chi connectivity index (χ0) is 19.2. The Morgan fingerprint density at radius 3 is 2.89 bits per heavy atom. The van der Waals surface area contributed by atoms with E-state index >= 15 is 0 Å². The quantitative estimate of drug-likeness (QED) is 0.852. The molecule has 2 aromatic rings. The van der Waals surface area contributed by atoms with Gasteiger partial charge in [-0.05, 0) is 42.8 Å². The summed E-state index contributed by atoms with van der Waals surface area (Å²) in [5.41, 5.74) is 1.33. The average molecular weight is 378 g/mol. The molecule has 2 aliphatic heterocycles. The maximum Gasteiger partial charge on any atom is 0.418 e. The lowest BCUT2D eigenvalue weighted by atomic mass is 9.89. The van der Waals surface area contributed by atoms with Crippen LogP contribution in [0.2, 0.25) is 0 Å². The van der Waals surface area contributed by atoms with Crippen molar-refractivity contribution in [2.45, 2.75) is 24.6 Å². The highest BCUT2D eigenvalue weighted by Crippen LogP contribution is 2.50. The Morgan fingerprint density at radius 1 is 1.33 bits per heavy atom. The van der Waals surface area contributed by atoms with Crippen molar-refractivity contribution in [2.75, 3.05) is 37.5 Å². The van der Waals surface area contributed by atoms with Crippen molar-refractivity contribution in [1.82, 2.24) is 10.3 Å². The van der Waals surface area contributed by atoms with Gasteiger partial charge < -0.3 is 20.3 Å². The largest absolute Gasteiger partial charge is 0.480 e. The number of methoxy groups -OCH3 is 1. The van der Waals surface area contributed by atoms with Gasteiger partial charge in [0.25, 0.3) is 0 Å². The Bertz CT molecular complexity index is 855. The summed E-state index contributed by atoms with van der Waals surface area (Å²) in [6.45, 7) is 1.50. The highest BCUT2D eigenvalue weighted by atomic mass is 19.4. The van der Waals surface area contributed by atoms with Crippen LogP contribution in [0.1, 0.15) is 23.5 Å². The van der Waals surface area contributed by atoms with Gasteiger partial charge in [-0.2, -0.15) is 13.2 Å². The minimum Gasteiger partial charge on any atom is -0.480 e. The molecule has 0 spiro atoms. The van der Waals surface area contributed by atoms with Crippen LogP contribution in [0.4, 0.5) is 30.2 Å². The highest BCUT2D eigenvalue weighted by molar-refractivity contribution is 5.75. The number of hydrogen-bond acceptors (Lipinski definition) is 5. The average Bonchev–Trinajstić information content (AvgIpc) is 2.94. The lowest BCUT2D eigenvalue weighted by Crippen LogP contribution is -2.42. The number of likely N-dealkylation sites (N-methyl/N-ethyl adjacent to an activating group) is 1. The van der Waals surface area contributed by atoms with Gasteiger partial charge in [0.2, 0.25) is 5.88 Å². The van der Waals surface area contributed by atoms with E-state index in [0.717, 1.165) is 18.5 Å². The van der Waals surface area contributed by atoms with Crippen LogP contribution >= 0.6 is 0 Å². The first-order valence-corrected chi connectivity index (χ1v) is 8.85. The number of halogens is 3. The Kier molecular flexibility index (Phi) is 4.38. The van der Waals surface area contributed by atoms with E-state index < -0.39 is 11.7 Å². The summed E-state index contributed by atoms with van der Waals surface area (Å²) >= 11 is 0. The van der Waals surface area contributed by atoms with Crippen LogP contribution in [0.25, 0.3) is 0 Å². The number of nitrogens with zero attached hydrogens (tertiary/aromatic N) is 2. The van der Waals surface area contributed by atoms with Gasteiger partial charge in [0, 0.05) is 37.4 Å². The Balaban J connectivity index is 1.81. The first kappa shape index (κ1) is 17.9. The zero-order valence-corrected chi connectivity index (χ0v) is 15.1. The number of pyridine rings is 1. The summed E-state index contributed by atoms with van der Waals surface area (Å²) in [7, 11) is 3.24. The van der Waals surface area contributed by atoms with Crippen molar-refractivity contribution in [2.24, 2.45) is 0 Å². The summed E-state index contributed by atoms with van der Waals surface area (Å²) in [6, 6.07) is 6.52. The maximum atomic E-state index is 13.9. The fourth-order valence-corrected chi connectivity index (χ4v) is 4.22. The van der Waals surface area contributed by atoms with E-state index in [4.69, 9.17) is 4.74 Å². The molecule has 0 radical (unpaired) electrons. The summed E-state index contributed by atoms with van der Waals surface area (Å²) < 4.78 is 46.8. The molecule has 27 heavy (non-hydrogen) atoms. The minimum atomic E-state index is -4.43. The van der Waals surface area contributed by atoms with Gasteiger partial charge in [0.05, 0.1) is 18.4 Å². The second-order valence-electron chi connectivity index (χ2n) is 6.92. The predicted octanol–water partition coefficient (Wildman–Crippen LogP) is 3.75. The molecule has 2 aliphatic rings. The van der Waals surface area contributed by atoms with Crippen LogP contribution in [0.15, 0.2) is 30.5 Å². The third-order valence-electron chi connectivity index (χ3n) is 5.38. The monoisotopic (exact) mass is 378 g/mol. The zero-order valence-electron chi connectivity index (χ0n) is 15.1. The van der Waals surface area contributed by atoms with Crippen molar-refractivity contribution < 1.29 is 17.9 Å². The molecular formula is C19H21F3N4O. The van der Waals surface area contributed by atoms with Crippen LogP contribution in [0.5, 0.6) is 5.88 Å². The van der Waals surface area contributed by atoms with Gasteiger partial charge >= 0.3 is 6.18 Å².